The predicted molar refractivity (Wildman–Crippen MR) is 352 cm³/mol. The molecule has 3 aromatic heterocycles. The number of aryl methyl sites for hydroxylation is 13. The SMILES string of the molecule is COC(C)(OC)C(C)N=Cc1cc(C)c(C)c(C)c1C.Cc1c(C)c(C)c2c(C)c(C)[n+]([O-])cc2c1C.Cc1cc(C=O)c(C)c(C)c1C.Cc1nc(Cl)c2c(C)c(C)c(C)c(C)c2c1C.Cc1ncc2c(C)c(C)c(C)c(C)c2c1C. The van der Waals surface area contributed by atoms with Gasteiger partial charge in [-0.05, 0) is 338 Å². The molecule has 0 saturated heterocycles. The lowest BCUT2D eigenvalue weighted by Crippen LogP contribution is -2.40. The summed E-state index contributed by atoms with van der Waals surface area (Å²) in [7, 11) is 3.28. The van der Waals surface area contributed by atoms with Crippen molar-refractivity contribution >= 4 is 56.4 Å². The second-order valence-electron chi connectivity index (χ2n) is 23.4. The van der Waals surface area contributed by atoms with Gasteiger partial charge < -0.3 is 14.7 Å². The van der Waals surface area contributed by atoms with E-state index in [9.17, 15) is 10.0 Å². The van der Waals surface area contributed by atoms with E-state index in [0.717, 1.165) is 61.1 Å². The van der Waals surface area contributed by atoms with Crippen LogP contribution in [0.15, 0.2) is 29.5 Å². The lowest BCUT2D eigenvalue weighted by molar-refractivity contribution is -0.611. The number of benzene rings is 5. The molecule has 0 radical (unpaired) electrons. The lowest BCUT2D eigenvalue weighted by Gasteiger charge is -2.30. The van der Waals surface area contributed by atoms with E-state index in [1.54, 1.807) is 20.4 Å². The summed E-state index contributed by atoms with van der Waals surface area (Å²) in [5.41, 5.74) is 34.7. The molecular formula is C73H97ClN4O4. The number of hydrogen-bond donors (Lipinski definition) is 0. The Balaban J connectivity index is 0.000000222. The molecule has 0 N–H and O–H groups in total. The first-order valence-corrected chi connectivity index (χ1v) is 29.1. The number of ether oxygens (including phenoxy) is 2. The number of aliphatic imine (C=N–C) groups is 1. The number of aromatic nitrogens is 3. The zero-order valence-corrected chi connectivity index (χ0v) is 56.6. The number of methoxy groups -OCH3 is 2. The molecule has 82 heavy (non-hydrogen) atoms. The summed E-state index contributed by atoms with van der Waals surface area (Å²) in [4.78, 5) is 24.2. The third kappa shape index (κ3) is 13.5. The summed E-state index contributed by atoms with van der Waals surface area (Å²) in [5.74, 6) is -0.695. The summed E-state index contributed by atoms with van der Waals surface area (Å²) in [5, 5.41) is 19.9. The van der Waals surface area contributed by atoms with Gasteiger partial charge in [-0.15, -0.1) is 0 Å². The highest BCUT2D eigenvalue weighted by Gasteiger charge is 2.30. The minimum atomic E-state index is -0.695. The first-order chi connectivity index (χ1) is 38.0. The quantitative estimate of drug-likeness (QED) is 0.0411. The van der Waals surface area contributed by atoms with E-state index in [1.165, 1.54) is 138 Å². The van der Waals surface area contributed by atoms with E-state index in [-0.39, 0.29) is 6.04 Å². The van der Waals surface area contributed by atoms with Gasteiger partial charge in [-0.1, -0.05) is 11.6 Å². The van der Waals surface area contributed by atoms with E-state index in [2.05, 4.69) is 166 Å². The van der Waals surface area contributed by atoms with Gasteiger partial charge in [0.1, 0.15) is 17.5 Å². The fourth-order valence-electron chi connectivity index (χ4n) is 11.0. The highest BCUT2D eigenvalue weighted by atomic mass is 35.5. The molecule has 0 aliphatic heterocycles. The zero-order valence-electron chi connectivity index (χ0n) is 55.8. The third-order valence-electron chi connectivity index (χ3n) is 19.5. The first-order valence-electron chi connectivity index (χ1n) is 28.7. The number of pyridine rings is 3. The molecule has 0 aliphatic carbocycles. The van der Waals surface area contributed by atoms with Gasteiger partial charge in [0, 0.05) is 72.2 Å². The molecule has 9 heteroatoms. The highest BCUT2D eigenvalue weighted by molar-refractivity contribution is 6.35. The van der Waals surface area contributed by atoms with Crippen LogP contribution >= 0.6 is 11.6 Å². The third-order valence-corrected chi connectivity index (χ3v) is 19.8. The molecule has 0 fully saturated rings. The molecule has 8 rings (SSSR count). The van der Waals surface area contributed by atoms with Crippen molar-refractivity contribution in [2.45, 2.75) is 206 Å². The van der Waals surface area contributed by atoms with Crippen LogP contribution in [0, 0.1) is 185 Å². The molecule has 8 aromatic rings. The molecular weight excluding hydrogens is 1030 g/mol. The Hall–Kier alpha value is -6.32. The summed E-state index contributed by atoms with van der Waals surface area (Å²) >= 11 is 6.32. The number of aldehydes is 1. The van der Waals surface area contributed by atoms with Crippen molar-refractivity contribution in [2.75, 3.05) is 14.2 Å². The Bertz CT molecular complexity index is 3780. The van der Waals surface area contributed by atoms with Gasteiger partial charge in [-0.2, -0.15) is 4.73 Å². The lowest BCUT2D eigenvalue weighted by atomic mass is 9.90. The maximum atomic E-state index is 11.8. The second-order valence-corrected chi connectivity index (χ2v) is 23.7. The van der Waals surface area contributed by atoms with Crippen molar-refractivity contribution in [1.29, 1.82) is 0 Å². The standard InChI is InChI=1S/C17H27NO2.C15H18ClN.C15H19NO.C15H19N.C11H14O/c1-11-9-16(14(4)13(3)12(11)2)10-18-15(5)17(6,19-7)20-8;1-7-8(2)10(4)14-13(9(7)3)11(5)12(6)17-15(14)16;1-8-9(2)11(4)15-12(5)13(6)16(17)7-14(15)10(8)3;1-8-9(2)11(4)15-12(5)13(6)16-7-14(15)10(8)3;1-7-5-11(6-12)10(4)9(3)8(7)2/h9-10,15H,1-8H3;1-6H3;7H,1-6H3;7H,1-6H3;5-6H,1-4H3. The number of carbonyl (C=O) groups excluding carboxylic acids is 1. The fraction of sp³-hybridized carbons (Fsp3) is 0.438. The van der Waals surface area contributed by atoms with Crippen LogP contribution in [-0.2, 0) is 9.47 Å². The number of carbonyl (C=O) groups is 1. The van der Waals surface area contributed by atoms with E-state index in [4.69, 9.17) is 21.1 Å². The van der Waals surface area contributed by atoms with E-state index in [1.807, 2.05) is 66.9 Å². The van der Waals surface area contributed by atoms with Crippen molar-refractivity contribution in [2.24, 2.45) is 4.99 Å². The first kappa shape index (κ1) is 68.2. The Morgan fingerprint density at radius 2 is 0.866 bits per heavy atom. The number of hydrogen-bond acceptors (Lipinski definition) is 7. The van der Waals surface area contributed by atoms with Crippen LogP contribution < -0.4 is 4.73 Å². The predicted octanol–water partition coefficient (Wildman–Crippen LogP) is 18.6. The molecule has 0 amide bonds. The van der Waals surface area contributed by atoms with Crippen LogP contribution in [0.25, 0.3) is 32.3 Å². The topological polar surface area (TPSA) is 101 Å². The molecule has 440 valence electrons. The summed E-state index contributed by atoms with van der Waals surface area (Å²) < 4.78 is 11.8. The summed E-state index contributed by atoms with van der Waals surface area (Å²) in [6.45, 7) is 59.0. The highest BCUT2D eigenvalue weighted by Crippen LogP contribution is 2.37. The second kappa shape index (κ2) is 27.4. The molecule has 1 unspecified atom stereocenters. The van der Waals surface area contributed by atoms with Gasteiger partial charge in [-0.3, -0.25) is 14.8 Å². The fourth-order valence-corrected chi connectivity index (χ4v) is 11.3. The zero-order chi connectivity index (χ0) is 62.6. The number of halogens is 1. The minimum Gasteiger partial charge on any atom is -0.618 e. The van der Waals surface area contributed by atoms with Crippen molar-refractivity contribution in [3.8, 4) is 0 Å². The van der Waals surface area contributed by atoms with E-state index in [0.29, 0.717) is 5.15 Å². The van der Waals surface area contributed by atoms with Crippen LogP contribution in [-0.4, -0.2) is 48.5 Å². The molecule has 0 aliphatic rings. The van der Waals surface area contributed by atoms with E-state index < -0.39 is 5.79 Å². The smallest absolute Gasteiger partial charge is 0.193 e. The molecule has 8 nitrogen and oxygen atoms in total. The molecule has 0 spiro atoms. The Morgan fingerprint density at radius 3 is 1.33 bits per heavy atom. The average molecular weight is 1130 g/mol. The van der Waals surface area contributed by atoms with Gasteiger partial charge >= 0.3 is 0 Å². The van der Waals surface area contributed by atoms with Crippen molar-refractivity contribution in [3.63, 3.8) is 0 Å². The number of rotatable bonds is 6. The van der Waals surface area contributed by atoms with Crippen LogP contribution in [0.5, 0.6) is 0 Å². The van der Waals surface area contributed by atoms with Gasteiger partial charge in [0.2, 0.25) is 0 Å². The normalized spacial score (nSPS) is 11.7. The van der Waals surface area contributed by atoms with Crippen LogP contribution in [0.1, 0.15) is 175 Å². The average Bonchev–Trinajstić information content (AvgIpc) is 3.65. The van der Waals surface area contributed by atoms with Crippen molar-refractivity contribution in [3.05, 3.63) is 191 Å². The Labute approximate surface area is 498 Å². The van der Waals surface area contributed by atoms with E-state index >= 15 is 0 Å². The monoisotopic (exact) mass is 1130 g/mol. The van der Waals surface area contributed by atoms with Crippen LogP contribution in [0.3, 0.4) is 0 Å². The number of nitrogens with zero attached hydrogens (tertiary/aromatic N) is 4. The Morgan fingerprint density at radius 1 is 0.488 bits per heavy atom. The van der Waals surface area contributed by atoms with Crippen molar-refractivity contribution < 1.29 is 19.0 Å². The molecule has 3 heterocycles. The maximum absolute atomic E-state index is 11.8. The van der Waals surface area contributed by atoms with Gasteiger partial charge in [-0.25, -0.2) is 4.98 Å². The van der Waals surface area contributed by atoms with Gasteiger partial charge in [0.15, 0.2) is 17.7 Å². The number of fused-ring (bicyclic) bond motifs is 3. The summed E-state index contributed by atoms with van der Waals surface area (Å²) in [6.07, 6.45) is 6.59. The van der Waals surface area contributed by atoms with Gasteiger partial charge in [0.25, 0.3) is 0 Å². The molecule has 0 bridgehead atoms. The van der Waals surface area contributed by atoms with Gasteiger partial charge in [0.05, 0.1) is 5.39 Å². The molecule has 5 aromatic carbocycles. The maximum Gasteiger partial charge on any atom is 0.193 e. The molecule has 1 atom stereocenters. The van der Waals surface area contributed by atoms with Crippen LogP contribution in [0.2, 0.25) is 5.15 Å². The molecule has 0 saturated carbocycles. The summed E-state index contributed by atoms with van der Waals surface area (Å²) in [6, 6.07) is 4.05. The Kier molecular flexibility index (Phi) is 22.8. The van der Waals surface area contributed by atoms with Crippen LogP contribution in [0.4, 0.5) is 0 Å². The largest absolute Gasteiger partial charge is 0.618 e. The minimum absolute atomic E-state index is 0.0844. The van der Waals surface area contributed by atoms with Crippen molar-refractivity contribution in [1.82, 2.24) is 9.97 Å².